The zero-order valence-electron chi connectivity index (χ0n) is 21.9. The molecule has 0 heterocycles. The van der Waals surface area contributed by atoms with Gasteiger partial charge in [0.05, 0.1) is 12.5 Å². The van der Waals surface area contributed by atoms with Crippen LogP contribution >= 0.6 is 0 Å². The Balaban J connectivity index is 5.62. The van der Waals surface area contributed by atoms with Crippen molar-refractivity contribution in [3.8, 4) is 0 Å². The summed E-state index contributed by atoms with van der Waals surface area (Å²) in [6, 6.07) is -5.57. The smallest absolute Gasteiger partial charge is 0.326 e. The molecule has 0 aromatic heterocycles. The van der Waals surface area contributed by atoms with E-state index in [0.717, 1.165) is 0 Å². The SMILES string of the molecule is NC(=O)CC(NC(=O)C(CCCN=C(N)N)NC(=O)C(N)CCC(=O)O)C(=O)NC(CCCN=C(N)N)C(=O)O. The summed E-state index contributed by atoms with van der Waals surface area (Å²) in [6.45, 7) is 0.178. The molecule has 0 saturated heterocycles. The van der Waals surface area contributed by atoms with Gasteiger partial charge in [0.1, 0.15) is 18.1 Å². The Morgan fingerprint density at radius 3 is 1.55 bits per heavy atom. The molecule has 4 atom stereocenters. The molecule has 19 nitrogen and oxygen atoms in total. The Morgan fingerprint density at radius 1 is 0.650 bits per heavy atom. The van der Waals surface area contributed by atoms with Gasteiger partial charge in [0.25, 0.3) is 0 Å². The van der Waals surface area contributed by atoms with Crippen molar-refractivity contribution in [3.05, 3.63) is 0 Å². The first-order valence-corrected chi connectivity index (χ1v) is 12.1. The number of rotatable bonds is 20. The fourth-order valence-electron chi connectivity index (χ4n) is 3.18. The van der Waals surface area contributed by atoms with E-state index in [9.17, 15) is 33.9 Å². The molecule has 0 rings (SSSR count). The van der Waals surface area contributed by atoms with E-state index in [-0.39, 0.29) is 57.1 Å². The van der Waals surface area contributed by atoms with Crippen LogP contribution in [0.25, 0.3) is 0 Å². The number of aliphatic imine (C=N–C) groups is 2. The fraction of sp³-hybridized carbons (Fsp3) is 0.619. The molecule has 0 fully saturated rings. The van der Waals surface area contributed by atoms with Crippen LogP contribution in [0.2, 0.25) is 0 Å². The number of carboxylic acids is 2. The van der Waals surface area contributed by atoms with Crippen molar-refractivity contribution in [2.24, 2.45) is 44.4 Å². The van der Waals surface area contributed by atoms with E-state index in [4.69, 9.17) is 39.5 Å². The average molecular weight is 574 g/mol. The Morgan fingerprint density at radius 2 is 1.10 bits per heavy atom. The number of primary amides is 1. The molecule has 4 amide bonds. The predicted molar refractivity (Wildman–Crippen MR) is 142 cm³/mol. The van der Waals surface area contributed by atoms with E-state index in [1.807, 2.05) is 0 Å². The Bertz CT molecular complexity index is 964. The third-order valence-electron chi connectivity index (χ3n) is 5.18. The number of carbonyl (C=O) groups excluding carboxylic acids is 4. The number of aliphatic carboxylic acids is 2. The van der Waals surface area contributed by atoms with Gasteiger partial charge >= 0.3 is 11.9 Å². The van der Waals surface area contributed by atoms with E-state index in [2.05, 4.69) is 25.9 Å². The maximum atomic E-state index is 13.1. The summed E-state index contributed by atoms with van der Waals surface area (Å²) >= 11 is 0. The highest BCUT2D eigenvalue weighted by molar-refractivity contribution is 5.96. The van der Waals surface area contributed by atoms with Crippen LogP contribution in [0.5, 0.6) is 0 Å². The maximum absolute atomic E-state index is 13.1. The van der Waals surface area contributed by atoms with E-state index >= 15 is 0 Å². The number of hydrogen-bond donors (Lipinski definition) is 11. The first-order valence-electron chi connectivity index (χ1n) is 12.1. The van der Waals surface area contributed by atoms with Gasteiger partial charge < -0.3 is 60.6 Å². The lowest BCUT2D eigenvalue weighted by atomic mass is 10.1. The summed E-state index contributed by atoms with van der Waals surface area (Å²) in [7, 11) is 0. The first-order chi connectivity index (χ1) is 18.6. The standard InChI is InChI=1S/C21H39N11O8/c22-10(5-6-15(34)35)16(36)30-11(3-1-7-28-20(24)25)17(37)32-13(9-14(23)33)18(38)31-12(19(39)40)4-2-8-29-21(26)27/h10-13H,1-9,22H2,(H2,23,33)(H,30,36)(H,31,38)(H,32,37)(H,34,35)(H,39,40)(H4,24,25,28)(H4,26,27,29). The lowest BCUT2D eigenvalue weighted by Gasteiger charge is -2.24. The topological polar surface area (TPSA) is 360 Å². The monoisotopic (exact) mass is 573 g/mol. The molecule has 0 spiro atoms. The van der Waals surface area contributed by atoms with Crippen LogP contribution in [0.3, 0.4) is 0 Å². The molecule has 0 saturated carbocycles. The molecule has 0 aromatic rings. The third-order valence-corrected chi connectivity index (χ3v) is 5.18. The molecule has 19 heteroatoms. The van der Waals surface area contributed by atoms with Crippen LogP contribution in [-0.4, -0.2) is 95.0 Å². The second-order valence-electron chi connectivity index (χ2n) is 8.63. The second-order valence-corrected chi connectivity index (χ2v) is 8.63. The van der Waals surface area contributed by atoms with Crippen molar-refractivity contribution in [1.29, 1.82) is 0 Å². The van der Waals surface area contributed by atoms with Gasteiger partial charge in [-0.15, -0.1) is 0 Å². The maximum Gasteiger partial charge on any atom is 0.326 e. The lowest BCUT2D eigenvalue weighted by Crippen LogP contribution is -2.57. The predicted octanol–water partition coefficient (Wildman–Crippen LogP) is -5.30. The van der Waals surface area contributed by atoms with Gasteiger partial charge in [-0.25, -0.2) is 4.79 Å². The van der Waals surface area contributed by atoms with Gasteiger partial charge in [-0.05, 0) is 32.1 Å². The number of nitrogens with one attached hydrogen (secondary N) is 3. The molecule has 0 bridgehead atoms. The Kier molecular flexibility index (Phi) is 16.4. The van der Waals surface area contributed by atoms with Crippen LogP contribution in [0.1, 0.15) is 44.9 Å². The molecule has 4 unspecified atom stereocenters. The van der Waals surface area contributed by atoms with Crippen molar-refractivity contribution < 1.29 is 39.0 Å². The number of carbonyl (C=O) groups is 6. The largest absolute Gasteiger partial charge is 0.481 e. The number of nitrogens with two attached hydrogens (primary N) is 6. The van der Waals surface area contributed by atoms with Gasteiger partial charge in [-0.2, -0.15) is 0 Å². The van der Waals surface area contributed by atoms with E-state index in [1.54, 1.807) is 0 Å². The van der Waals surface area contributed by atoms with Crippen molar-refractivity contribution in [1.82, 2.24) is 16.0 Å². The fourth-order valence-corrected chi connectivity index (χ4v) is 3.18. The number of nitrogens with zero attached hydrogens (tertiary/aromatic N) is 2. The summed E-state index contributed by atoms with van der Waals surface area (Å²) in [5.41, 5.74) is 31.9. The Hall–Kier alpha value is -4.68. The second kappa shape index (κ2) is 18.6. The van der Waals surface area contributed by atoms with E-state index in [1.165, 1.54) is 0 Å². The first kappa shape index (κ1) is 35.3. The van der Waals surface area contributed by atoms with Crippen LogP contribution in [-0.2, 0) is 28.8 Å². The summed E-state index contributed by atoms with van der Waals surface area (Å²) in [4.78, 5) is 79.8. The van der Waals surface area contributed by atoms with Crippen LogP contribution in [0.4, 0.5) is 0 Å². The molecule has 226 valence electrons. The third kappa shape index (κ3) is 16.2. The molecule has 0 radical (unpaired) electrons. The lowest BCUT2D eigenvalue weighted by molar-refractivity contribution is -0.142. The van der Waals surface area contributed by atoms with Gasteiger partial charge in [-0.3, -0.25) is 34.0 Å². The molecule has 0 aromatic carbocycles. The van der Waals surface area contributed by atoms with Crippen molar-refractivity contribution in [3.63, 3.8) is 0 Å². The van der Waals surface area contributed by atoms with Crippen LogP contribution in [0, 0.1) is 0 Å². The number of carboxylic acid groups (broad SMARTS) is 2. The zero-order valence-corrected chi connectivity index (χ0v) is 21.9. The highest BCUT2D eigenvalue weighted by Crippen LogP contribution is 2.05. The average Bonchev–Trinajstić information content (AvgIpc) is 2.84. The number of guanidine groups is 2. The summed E-state index contributed by atoms with van der Waals surface area (Å²) in [6.07, 6.45) is -1.05. The van der Waals surface area contributed by atoms with Gasteiger partial charge in [-0.1, -0.05) is 0 Å². The number of amides is 4. The quantitative estimate of drug-likeness (QED) is 0.0368. The van der Waals surface area contributed by atoms with Crippen LogP contribution < -0.4 is 50.4 Å². The van der Waals surface area contributed by atoms with Gasteiger partial charge in [0, 0.05) is 19.5 Å². The van der Waals surface area contributed by atoms with E-state index < -0.39 is 72.6 Å². The minimum Gasteiger partial charge on any atom is -0.481 e. The molecule has 0 aliphatic carbocycles. The molecular formula is C21H39N11O8. The van der Waals surface area contributed by atoms with Crippen molar-refractivity contribution in [2.75, 3.05) is 13.1 Å². The van der Waals surface area contributed by atoms with Crippen molar-refractivity contribution in [2.45, 2.75) is 69.1 Å². The van der Waals surface area contributed by atoms with Crippen LogP contribution in [0.15, 0.2) is 9.98 Å². The van der Waals surface area contributed by atoms with Gasteiger partial charge in [0.2, 0.25) is 23.6 Å². The van der Waals surface area contributed by atoms with E-state index in [0.29, 0.717) is 0 Å². The molecule has 0 aliphatic rings. The Labute approximate surface area is 229 Å². The molecular weight excluding hydrogens is 534 g/mol. The van der Waals surface area contributed by atoms with Gasteiger partial charge in [0.15, 0.2) is 11.9 Å². The minimum absolute atomic E-state index is 0.0482. The highest BCUT2D eigenvalue weighted by Gasteiger charge is 2.31. The molecule has 17 N–H and O–H groups in total. The summed E-state index contributed by atoms with van der Waals surface area (Å²) in [5, 5.41) is 25.1. The minimum atomic E-state index is -1.60. The summed E-state index contributed by atoms with van der Waals surface area (Å²) in [5.74, 6) is -6.73. The van der Waals surface area contributed by atoms with Crippen molar-refractivity contribution >= 4 is 47.5 Å². The number of hydrogen-bond acceptors (Lipinski definition) is 9. The molecule has 40 heavy (non-hydrogen) atoms. The molecule has 0 aliphatic heterocycles. The summed E-state index contributed by atoms with van der Waals surface area (Å²) < 4.78 is 0. The normalized spacial score (nSPS) is 13.4. The zero-order chi connectivity index (χ0) is 30.8. The highest BCUT2D eigenvalue weighted by atomic mass is 16.4.